The summed E-state index contributed by atoms with van der Waals surface area (Å²) in [6.07, 6.45) is -0.835. The standard InChI is InChI=1S/C11H13N3O4S/c12-10(19)14(6-9(15)16)13-11(17)18-7-8-4-2-1-3-5-8/h1-5H,6-7H2,(H2,12,19)(H,13,17)(H,15,16). The van der Waals surface area contributed by atoms with Crippen molar-refractivity contribution in [2.45, 2.75) is 6.61 Å². The van der Waals surface area contributed by atoms with Crippen molar-refractivity contribution in [3.8, 4) is 0 Å². The molecule has 1 rings (SSSR count). The highest BCUT2D eigenvalue weighted by Gasteiger charge is 2.14. The number of carboxylic acids is 1. The number of rotatable bonds is 4. The van der Waals surface area contributed by atoms with Crippen LogP contribution in [0.5, 0.6) is 0 Å². The Labute approximate surface area is 114 Å². The lowest BCUT2D eigenvalue weighted by Gasteiger charge is -2.20. The molecule has 1 aromatic rings. The van der Waals surface area contributed by atoms with E-state index in [9.17, 15) is 9.59 Å². The molecule has 0 radical (unpaired) electrons. The molecule has 7 nitrogen and oxygen atoms in total. The lowest BCUT2D eigenvalue weighted by Crippen LogP contribution is -2.51. The minimum atomic E-state index is -1.18. The second-order valence-electron chi connectivity index (χ2n) is 3.49. The summed E-state index contributed by atoms with van der Waals surface area (Å²) in [5.41, 5.74) is 8.21. The van der Waals surface area contributed by atoms with Crippen LogP contribution in [-0.2, 0) is 16.1 Å². The van der Waals surface area contributed by atoms with E-state index in [0.717, 1.165) is 10.6 Å². The van der Waals surface area contributed by atoms with Gasteiger partial charge in [0.25, 0.3) is 0 Å². The zero-order valence-corrected chi connectivity index (χ0v) is 10.7. The molecule has 0 atom stereocenters. The summed E-state index contributed by atoms with van der Waals surface area (Å²) in [6.45, 7) is -0.485. The van der Waals surface area contributed by atoms with Gasteiger partial charge in [0.15, 0.2) is 5.11 Å². The molecule has 0 aliphatic heterocycles. The highest BCUT2D eigenvalue weighted by atomic mass is 32.1. The van der Waals surface area contributed by atoms with Crippen LogP contribution in [0.1, 0.15) is 5.56 Å². The Morgan fingerprint density at radius 1 is 1.37 bits per heavy atom. The molecule has 102 valence electrons. The number of amides is 1. The number of thiocarbonyl (C=S) groups is 1. The lowest BCUT2D eigenvalue weighted by molar-refractivity contribution is -0.137. The van der Waals surface area contributed by atoms with Gasteiger partial charge in [0, 0.05) is 0 Å². The van der Waals surface area contributed by atoms with Crippen molar-refractivity contribution in [1.29, 1.82) is 0 Å². The molecule has 0 saturated carbocycles. The first-order valence-corrected chi connectivity index (χ1v) is 5.66. The van der Waals surface area contributed by atoms with Crippen LogP contribution in [0.15, 0.2) is 30.3 Å². The number of nitrogens with two attached hydrogens (primary N) is 1. The third-order valence-corrected chi connectivity index (χ3v) is 2.22. The van der Waals surface area contributed by atoms with E-state index in [-0.39, 0.29) is 11.7 Å². The van der Waals surface area contributed by atoms with Gasteiger partial charge in [-0.15, -0.1) is 0 Å². The first-order valence-electron chi connectivity index (χ1n) is 5.25. The number of aliphatic carboxylic acids is 1. The number of carbonyl (C=O) groups excluding carboxylic acids is 1. The summed E-state index contributed by atoms with van der Waals surface area (Å²) in [6, 6.07) is 9.03. The van der Waals surface area contributed by atoms with E-state index in [1.807, 2.05) is 18.2 Å². The Morgan fingerprint density at radius 2 is 2.00 bits per heavy atom. The average Bonchev–Trinajstić information content (AvgIpc) is 2.36. The van der Waals surface area contributed by atoms with Gasteiger partial charge in [-0.05, 0) is 17.8 Å². The van der Waals surface area contributed by atoms with Crippen LogP contribution in [0.3, 0.4) is 0 Å². The van der Waals surface area contributed by atoms with E-state index in [4.69, 9.17) is 15.6 Å². The maximum absolute atomic E-state index is 11.4. The lowest BCUT2D eigenvalue weighted by atomic mass is 10.2. The van der Waals surface area contributed by atoms with E-state index in [0.29, 0.717) is 0 Å². The molecule has 0 heterocycles. The van der Waals surface area contributed by atoms with Gasteiger partial charge in [0.2, 0.25) is 0 Å². The monoisotopic (exact) mass is 283 g/mol. The summed E-state index contributed by atoms with van der Waals surface area (Å²) in [5.74, 6) is -1.18. The quantitative estimate of drug-likeness (QED) is 0.544. The second kappa shape index (κ2) is 7.17. The molecule has 0 aliphatic carbocycles. The van der Waals surface area contributed by atoms with Gasteiger partial charge in [-0.2, -0.15) is 0 Å². The molecule has 0 fully saturated rings. The molecule has 0 aliphatic rings. The molecule has 0 unspecified atom stereocenters. The van der Waals surface area contributed by atoms with Crippen molar-refractivity contribution in [3.05, 3.63) is 35.9 Å². The fourth-order valence-corrected chi connectivity index (χ4v) is 1.28. The minimum Gasteiger partial charge on any atom is -0.480 e. The SMILES string of the molecule is NC(=S)N(CC(=O)O)NC(=O)OCc1ccccc1. The second-order valence-corrected chi connectivity index (χ2v) is 3.91. The molecule has 0 aromatic heterocycles. The van der Waals surface area contributed by atoms with Gasteiger partial charge in [0.1, 0.15) is 13.2 Å². The summed E-state index contributed by atoms with van der Waals surface area (Å²) in [7, 11) is 0. The van der Waals surface area contributed by atoms with Gasteiger partial charge in [0.05, 0.1) is 0 Å². The summed E-state index contributed by atoms with van der Waals surface area (Å²) in [4.78, 5) is 22.0. The third kappa shape index (κ3) is 5.68. The third-order valence-electron chi connectivity index (χ3n) is 2.00. The number of ether oxygens (including phenoxy) is 1. The fourth-order valence-electron chi connectivity index (χ4n) is 1.17. The first-order chi connectivity index (χ1) is 8.99. The number of nitrogens with one attached hydrogen (secondary N) is 1. The molecular formula is C11H13N3O4S. The molecular weight excluding hydrogens is 270 g/mol. The average molecular weight is 283 g/mol. The van der Waals surface area contributed by atoms with Crippen molar-refractivity contribution < 1.29 is 19.4 Å². The molecule has 0 bridgehead atoms. The number of carbonyl (C=O) groups is 2. The van der Waals surface area contributed by atoms with Crippen molar-refractivity contribution >= 4 is 29.4 Å². The molecule has 4 N–H and O–H groups in total. The van der Waals surface area contributed by atoms with Crippen molar-refractivity contribution in [3.63, 3.8) is 0 Å². The Morgan fingerprint density at radius 3 is 2.53 bits per heavy atom. The van der Waals surface area contributed by atoms with Crippen LogP contribution in [0, 0.1) is 0 Å². The van der Waals surface area contributed by atoms with Gasteiger partial charge in [-0.3, -0.25) is 4.79 Å². The smallest absolute Gasteiger partial charge is 0.426 e. The van der Waals surface area contributed by atoms with Crippen LogP contribution in [0.25, 0.3) is 0 Å². The Hall–Kier alpha value is -2.35. The highest BCUT2D eigenvalue weighted by molar-refractivity contribution is 7.80. The van der Waals surface area contributed by atoms with Crippen LogP contribution in [0.4, 0.5) is 4.79 Å². The van der Waals surface area contributed by atoms with Crippen LogP contribution in [-0.4, -0.2) is 33.8 Å². The van der Waals surface area contributed by atoms with Gasteiger partial charge >= 0.3 is 12.1 Å². The van der Waals surface area contributed by atoms with Crippen LogP contribution in [0.2, 0.25) is 0 Å². The number of hydrazine groups is 1. The van der Waals surface area contributed by atoms with Crippen LogP contribution >= 0.6 is 12.2 Å². The summed E-state index contributed by atoms with van der Waals surface area (Å²) >= 11 is 4.60. The molecule has 8 heteroatoms. The van der Waals surface area contributed by atoms with Crippen molar-refractivity contribution in [2.24, 2.45) is 5.73 Å². The Bertz CT molecular complexity index is 466. The molecule has 0 saturated heterocycles. The minimum absolute atomic E-state index is 0.0604. The number of benzene rings is 1. The van der Waals surface area contributed by atoms with Crippen molar-refractivity contribution in [1.82, 2.24) is 10.4 Å². The van der Waals surface area contributed by atoms with E-state index in [2.05, 4.69) is 17.6 Å². The van der Waals surface area contributed by atoms with Gasteiger partial charge in [-0.25, -0.2) is 15.2 Å². The van der Waals surface area contributed by atoms with Gasteiger partial charge in [-0.1, -0.05) is 30.3 Å². The zero-order valence-electron chi connectivity index (χ0n) is 9.91. The van der Waals surface area contributed by atoms with Crippen molar-refractivity contribution in [2.75, 3.05) is 6.54 Å². The molecule has 1 amide bonds. The molecule has 0 spiro atoms. The number of hydrogen-bond donors (Lipinski definition) is 3. The maximum Gasteiger partial charge on any atom is 0.426 e. The predicted octanol–water partition coefficient (Wildman–Crippen LogP) is 0.458. The summed E-state index contributed by atoms with van der Waals surface area (Å²) in [5, 5.41) is 9.15. The summed E-state index contributed by atoms with van der Waals surface area (Å²) < 4.78 is 4.89. The topological polar surface area (TPSA) is 105 Å². The molecule has 19 heavy (non-hydrogen) atoms. The predicted molar refractivity (Wildman–Crippen MR) is 70.9 cm³/mol. The maximum atomic E-state index is 11.4. The van der Waals surface area contributed by atoms with E-state index in [1.54, 1.807) is 12.1 Å². The Kier molecular flexibility index (Phi) is 5.55. The normalized spacial score (nSPS) is 9.47. The highest BCUT2D eigenvalue weighted by Crippen LogP contribution is 2.00. The van der Waals surface area contributed by atoms with Gasteiger partial charge < -0.3 is 15.6 Å². The van der Waals surface area contributed by atoms with E-state index < -0.39 is 18.6 Å². The molecule has 1 aromatic carbocycles. The van der Waals surface area contributed by atoms with Crippen LogP contribution < -0.4 is 11.2 Å². The fraction of sp³-hybridized carbons (Fsp3) is 0.182. The number of carboxylic acid groups (broad SMARTS) is 1. The largest absolute Gasteiger partial charge is 0.480 e. The Balaban J connectivity index is 2.45. The zero-order chi connectivity index (χ0) is 14.3. The number of hydrogen-bond acceptors (Lipinski definition) is 4. The van der Waals surface area contributed by atoms with E-state index >= 15 is 0 Å². The number of nitrogens with zero attached hydrogens (tertiary/aromatic N) is 1. The first kappa shape index (κ1) is 14.7. The van der Waals surface area contributed by atoms with E-state index in [1.165, 1.54) is 0 Å².